The Labute approximate surface area is 143 Å². The molecule has 22 heavy (non-hydrogen) atoms. The first-order chi connectivity index (χ1) is 9.65. The Bertz CT molecular complexity index is 534. The van der Waals surface area contributed by atoms with E-state index in [1.807, 2.05) is 48.0 Å². The van der Waals surface area contributed by atoms with E-state index >= 15 is 0 Å². The SMILES string of the molecule is CC(Cn1ccnc1)NC(=O)CC(N)c1ccccc1.Cl.Cl. The van der Waals surface area contributed by atoms with Crippen LogP contribution in [0.25, 0.3) is 0 Å². The first-order valence-corrected chi connectivity index (χ1v) is 6.71. The zero-order valence-corrected chi connectivity index (χ0v) is 14.0. The van der Waals surface area contributed by atoms with Gasteiger partial charge in [0, 0.05) is 37.4 Å². The lowest BCUT2D eigenvalue weighted by Gasteiger charge is -2.17. The number of rotatable bonds is 6. The highest BCUT2D eigenvalue weighted by Crippen LogP contribution is 2.13. The normalized spacial score (nSPS) is 12.5. The third-order valence-electron chi connectivity index (χ3n) is 3.08. The Hall–Kier alpha value is -1.56. The Kier molecular flexibility index (Phi) is 9.49. The van der Waals surface area contributed by atoms with E-state index in [2.05, 4.69) is 10.3 Å². The van der Waals surface area contributed by atoms with Crippen LogP contribution in [0.5, 0.6) is 0 Å². The van der Waals surface area contributed by atoms with Crippen LogP contribution in [-0.4, -0.2) is 21.5 Å². The summed E-state index contributed by atoms with van der Waals surface area (Å²) in [6.45, 7) is 2.66. The molecule has 7 heteroatoms. The summed E-state index contributed by atoms with van der Waals surface area (Å²) < 4.78 is 1.93. The van der Waals surface area contributed by atoms with Gasteiger partial charge >= 0.3 is 0 Å². The molecule has 1 aromatic heterocycles. The fourth-order valence-corrected chi connectivity index (χ4v) is 2.11. The molecule has 2 rings (SSSR count). The monoisotopic (exact) mass is 344 g/mol. The summed E-state index contributed by atoms with van der Waals surface area (Å²) in [7, 11) is 0. The van der Waals surface area contributed by atoms with Gasteiger partial charge in [0.2, 0.25) is 5.91 Å². The Balaban J connectivity index is 0.00000220. The van der Waals surface area contributed by atoms with Crippen LogP contribution in [-0.2, 0) is 11.3 Å². The van der Waals surface area contributed by atoms with Crippen molar-refractivity contribution in [3.8, 4) is 0 Å². The van der Waals surface area contributed by atoms with Crippen LogP contribution >= 0.6 is 24.8 Å². The Morgan fingerprint density at radius 1 is 1.32 bits per heavy atom. The number of aromatic nitrogens is 2. The van der Waals surface area contributed by atoms with Crippen molar-refractivity contribution in [1.82, 2.24) is 14.9 Å². The number of imidazole rings is 1. The van der Waals surface area contributed by atoms with Crippen molar-refractivity contribution >= 4 is 30.7 Å². The van der Waals surface area contributed by atoms with E-state index < -0.39 is 0 Å². The Morgan fingerprint density at radius 3 is 2.59 bits per heavy atom. The molecule has 0 saturated heterocycles. The smallest absolute Gasteiger partial charge is 0.222 e. The minimum absolute atomic E-state index is 0. The lowest BCUT2D eigenvalue weighted by atomic mass is 10.0. The highest BCUT2D eigenvalue weighted by Gasteiger charge is 2.13. The van der Waals surface area contributed by atoms with Crippen molar-refractivity contribution in [1.29, 1.82) is 0 Å². The summed E-state index contributed by atoms with van der Waals surface area (Å²) in [5.74, 6) is -0.0334. The molecule has 2 unspecified atom stereocenters. The minimum atomic E-state index is -0.267. The van der Waals surface area contributed by atoms with E-state index in [-0.39, 0.29) is 49.2 Å². The largest absolute Gasteiger partial charge is 0.352 e. The van der Waals surface area contributed by atoms with E-state index in [9.17, 15) is 4.79 Å². The third-order valence-corrected chi connectivity index (χ3v) is 3.08. The van der Waals surface area contributed by atoms with Gasteiger partial charge < -0.3 is 15.6 Å². The van der Waals surface area contributed by atoms with Crippen LogP contribution in [0.4, 0.5) is 0 Å². The van der Waals surface area contributed by atoms with E-state index in [1.165, 1.54) is 0 Å². The summed E-state index contributed by atoms with van der Waals surface area (Å²) in [6.07, 6.45) is 5.62. The molecule has 1 aromatic carbocycles. The summed E-state index contributed by atoms with van der Waals surface area (Å²) in [5, 5.41) is 2.95. The zero-order valence-electron chi connectivity index (χ0n) is 12.4. The fourth-order valence-electron chi connectivity index (χ4n) is 2.11. The molecule has 0 aliphatic carbocycles. The molecule has 0 bridgehead atoms. The second-order valence-electron chi connectivity index (χ2n) is 4.95. The topological polar surface area (TPSA) is 72.9 Å². The number of benzene rings is 1. The number of carbonyl (C=O) groups is 1. The fraction of sp³-hybridized carbons (Fsp3) is 0.333. The maximum absolute atomic E-state index is 11.9. The molecule has 0 saturated carbocycles. The molecule has 0 spiro atoms. The van der Waals surface area contributed by atoms with Gasteiger partial charge in [0.05, 0.1) is 6.33 Å². The first kappa shape index (κ1) is 20.4. The second-order valence-corrected chi connectivity index (χ2v) is 4.95. The molecular weight excluding hydrogens is 323 g/mol. The molecule has 5 nitrogen and oxygen atoms in total. The summed E-state index contributed by atoms with van der Waals surface area (Å²) in [4.78, 5) is 15.9. The van der Waals surface area contributed by atoms with Gasteiger partial charge in [-0.2, -0.15) is 0 Å². The van der Waals surface area contributed by atoms with Crippen LogP contribution < -0.4 is 11.1 Å². The van der Waals surface area contributed by atoms with E-state index in [1.54, 1.807) is 12.5 Å². The van der Waals surface area contributed by atoms with Crippen LogP contribution in [0.15, 0.2) is 49.1 Å². The molecule has 0 radical (unpaired) electrons. The predicted octanol–water partition coefficient (Wildman–Crippen LogP) is 2.32. The van der Waals surface area contributed by atoms with Crippen molar-refractivity contribution in [2.45, 2.75) is 32.0 Å². The zero-order chi connectivity index (χ0) is 14.4. The molecule has 3 N–H and O–H groups in total. The first-order valence-electron chi connectivity index (χ1n) is 6.71. The average molecular weight is 345 g/mol. The molecule has 0 aliphatic rings. The average Bonchev–Trinajstić information content (AvgIpc) is 2.92. The van der Waals surface area contributed by atoms with Gasteiger partial charge in [-0.15, -0.1) is 24.8 Å². The van der Waals surface area contributed by atoms with E-state index in [4.69, 9.17) is 5.73 Å². The van der Waals surface area contributed by atoms with Crippen molar-refractivity contribution in [2.75, 3.05) is 0 Å². The van der Waals surface area contributed by atoms with Crippen LogP contribution in [0, 0.1) is 0 Å². The van der Waals surface area contributed by atoms with Gasteiger partial charge in [-0.25, -0.2) is 4.98 Å². The van der Waals surface area contributed by atoms with Crippen molar-refractivity contribution < 1.29 is 4.79 Å². The molecular formula is C15H22Cl2N4O. The van der Waals surface area contributed by atoms with Gasteiger partial charge in [0.15, 0.2) is 0 Å². The number of halogens is 2. The molecule has 1 heterocycles. The molecule has 1 amide bonds. The van der Waals surface area contributed by atoms with Crippen molar-refractivity contribution in [2.24, 2.45) is 5.73 Å². The third kappa shape index (κ3) is 6.47. The number of carbonyl (C=O) groups excluding carboxylic acids is 1. The summed E-state index contributed by atoms with van der Waals surface area (Å²) in [6, 6.07) is 9.43. The number of nitrogens with zero attached hydrogens (tertiary/aromatic N) is 2. The standard InChI is InChI=1S/C15H20N4O.2ClH/c1-12(10-19-8-7-17-11-19)18-15(20)9-14(16)13-5-3-2-4-6-13;;/h2-8,11-12,14H,9-10,16H2,1H3,(H,18,20);2*1H. The van der Waals surface area contributed by atoms with Gasteiger partial charge in [0.1, 0.15) is 0 Å². The lowest BCUT2D eigenvalue weighted by molar-refractivity contribution is -0.122. The predicted molar refractivity (Wildman–Crippen MR) is 92.3 cm³/mol. The van der Waals surface area contributed by atoms with Crippen molar-refractivity contribution in [3.05, 3.63) is 54.6 Å². The summed E-state index contributed by atoms with van der Waals surface area (Å²) in [5.41, 5.74) is 7.01. The molecule has 2 aromatic rings. The molecule has 0 aliphatic heterocycles. The maximum Gasteiger partial charge on any atom is 0.222 e. The lowest BCUT2D eigenvalue weighted by Crippen LogP contribution is -2.37. The maximum atomic E-state index is 11.9. The van der Waals surface area contributed by atoms with Gasteiger partial charge in [-0.3, -0.25) is 4.79 Å². The van der Waals surface area contributed by atoms with Crippen LogP contribution in [0.1, 0.15) is 24.9 Å². The quantitative estimate of drug-likeness (QED) is 0.844. The van der Waals surface area contributed by atoms with Crippen LogP contribution in [0.3, 0.4) is 0 Å². The van der Waals surface area contributed by atoms with Crippen LogP contribution in [0.2, 0.25) is 0 Å². The summed E-state index contributed by atoms with van der Waals surface area (Å²) >= 11 is 0. The number of nitrogens with two attached hydrogens (primary N) is 1. The van der Waals surface area contributed by atoms with E-state index in [0.717, 1.165) is 5.56 Å². The highest BCUT2D eigenvalue weighted by atomic mass is 35.5. The number of hydrogen-bond donors (Lipinski definition) is 2. The van der Waals surface area contributed by atoms with E-state index in [0.29, 0.717) is 6.54 Å². The second kappa shape index (κ2) is 10.2. The highest BCUT2D eigenvalue weighted by molar-refractivity contribution is 5.85. The Morgan fingerprint density at radius 2 is 2.00 bits per heavy atom. The van der Waals surface area contributed by atoms with Gasteiger partial charge in [-0.05, 0) is 12.5 Å². The van der Waals surface area contributed by atoms with Gasteiger partial charge in [-0.1, -0.05) is 30.3 Å². The minimum Gasteiger partial charge on any atom is -0.352 e. The molecule has 2 atom stereocenters. The molecule has 0 fully saturated rings. The number of nitrogens with one attached hydrogen (secondary N) is 1. The van der Waals surface area contributed by atoms with Crippen molar-refractivity contribution in [3.63, 3.8) is 0 Å². The van der Waals surface area contributed by atoms with Gasteiger partial charge in [0.25, 0.3) is 0 Å². The number of hydrogen-bond acceptors (Lipinski definition) is 3. The number of amides is 1. The molecule has 122 valence electrons.